The summed E-state index contributed by atoms with van der Waals surface area (Å²) in [6.45, 7) is 2.29. The summed E-state index contributed by atoms with van der Waals surface area (Å²) >= 11 is 1.52. The van der Waals surface area contributed by atoms with Gasteiger partial charge in [0.05, 0.1) is 0 Å². The van der Waals surface area contributed by atoms with Crippen LogP contribution >= 0.6 is 11.8 Å². The van der Waals surface area contributed by atoms with Gasteiger partial charge in [0.15, 0.2) is 5.12 Å². The first kappa shape index (κ1) is 34.1. The SMILES string of the molecule is CCCCCCCCCCCCCCCCCCCC(=O)SCCCCC[Si](OC)(OC)OC. The van der Waals surface area contributed by atoms with Crippen molar-refractivity contribution in [2.24, 2.45) is 0 Å². The Kier molecular flexibility index (Phi) is 26.3. The fourth-order valence-corrected chi connectivity index (χ4v) is 7.09. The van der Waals surface area contributed by atoms with Crippen LogP contribution in [0.5, 0.6) is 0 Å². The van der Waals surface area contributed by atoms with Crippen molar-refractivity contribution in [2.45, 2.75) is 148 Å². The molecule has 6 heteroatoms. The van der Waals surface area contributed by atoms with E-state index in [4.69, 9.17) is 13.3 Å². The summed E-state index contributed by atoms with van der Waals surface area (Å²) in [6.07, 6.45) is 27.3. The molecule has 0 aliphatic rings. The van der Waals surface area contributed by atoms with Crippen molar-refractivity contribution in [3.05, 3.63) is 0 Å². The third-order valence-corrected chi connectivity index (χ3v) is 10.7. The molecule has 0 unspecified atom stereocenters. The van der Waals surface area contributed by atoms with Gasteiger partial charge in [0.25, 0.3) is 0 Å². The lowest BCUT2D eigenvalue weighted by Crippen LogP contribution is -2.42. The minimum absolute atomic E-state index is 0.371. The van der Waals surface area contributed by atoms with E-state index >= 15 is 0 Å². The molecule has 0 saturated carbocycles. The molecule has 4 nitrogen and oxygen atoms in total. The van der Waals surface area contributed by atoms with E-state index in [1.165, 1.54) is 114 Å². The monoisotopic (exact) mass is 518 g/mol. The number of carbonyl (C=O) groups excluding carboxylic acids is 1. The predicted octanol–water partition coefficient (Wildman–Crippen LogP) is 9.34. The highest BCUT2D eigenvalue weighted by Crippen LogP contribution is 2.19. The second-order valence-corrected chi connectivity index (χ2v) is 14.0. The van der Waals surface area contributed by atoms with Gasteiger partial charge in [-0.2, -0.15) is 0 Å². The topological polar surface area (TPSA) is 44.8 Å². The van der Waals surface area contributed by atoms with E-state index < -0.39 is 8.80 Å². The van der Waals surface area contributed by atoms with Crippen LogP contribution in [0.2, 0.25) is 6.04 Å². The number of rotatable bonds is 27. The molecule has 0 fully saturated rings. The van der Waals surface area contributed by atoms with Crippen LogP contribution in [0.4, 0.5) is 0 Å². The molecule has 0 amide bonds. The van der Waals surface area contributed by atoms with E-state index in [2.05, 4.69) is 6.92 Å². The summed E-state index contributed by atoms with van der Waals surface area (Å²) in [4.78, 5) is 12.0. The molecule has 0 heterocycles. The highest BCUT2D eigenvalue weighted by Gasteiger charge is 2.36. The van der Waals surface area contributed by atoms with Crippen LogP contribution in [-0.2, 0) is 18.1 Å². The number of hydrogen-bond donors (Lipinski definition) is 0. The third kappa shape index (κ3) is 21.4. The Morgan fingerprint density at radius 2 is 0.941 bits per heavy atom. The Balaban J connectivity index is 3.29. The van der Waals surface area contributed by atoms with Gasteiger partial charge in [-0.1, -0.05) is 128 Å². The maximum atomic E-state index is 12.0. The van der Waals surface area contributed by atoms with Crippen molar-refractivity contribution in [1.82, 2.24) is 0 Å². The van der Waals surface area contributed by atoms with Gasteiger partial charge in [0, 0.05) is 39.5 Å². The van der Waals surface area contributed by atoms with Crippen LogP contribution in [0, 0.1) is 0 Å². The maximum Gasteiger partial charge on any atom is 0.500 e. The van der Waals surface area contributed by atoms with Gasteiger partial charge in [-0.05, 0) is 19.3 Å². The van der Waals surface area contributed by atoms with E-state index in [0.717, 1.165) is 43.9 Å². The molecule has 0 radical (unpaired) electrons. The van der Waals surface area contributed by atoms with E-state index in [-0.39, 0.29) is 0 Å². The lowest BCUT2D eigenvalue weighted by Gasteiger charge is -2.24. The fourth-order valence-electron chi connectivity index (χ4n) is 4.43. The molecule has 0 aromatic heterocycles. The fraction of sp³-hybridized carbons (Fsp3) is 0.964. The Morgan fingerprint density at radius 1 is 0.559 bits per heavy atom. The second-order valence-electron chi connectivity index (χ2n) is 9.73. The van der Waals surface area contributed by atoms with Gasteiger partial charge in [0.1, 0.15) is 0 Å². The van der Waals surface area contributed by atoms with Gasteiger partial charge in [0.2, 0.25) is 0 Å². The van der Waals surface area contributed by atoms with Gasteiger partial charge >= 0.3 is 8.80 Å². The van der Waals surface area contributed by atoms with Gasteiger partial charge in [-0.15, -0.1) is 0 Å². The highest BCUT2D eigenvalue weighted by atomic mass is 32.2. The summed E-state index contributed by atoms with van der Waals surface area (Å²) in [7, 11) is 2.56. The lowest BCUT2D eigenvalue weighted by atomic mass is 10.0. The first-order chi connectivity index (χ1) is 16.6. The summed E-state index contributed by atoms with van der Waals surface area (Å²) in [5.41, 5.74) is 0. The molecule has 0 bridgehead atoms. The normalized spacial score (nSPS) is 11.9. The van der Waals surface area contributed by atoms with Crippen molar-refractivity contribution in [3.8, 4) is 0 Å². The van der Waals surface area contributed by atoms with E-state index in [9.17, 15) is 4.79 Å². The molecule has 0 N–H and O–H groups in total. The first-order valence-corrected chi connectivity index (χ1v) is 17.4. The Morgan fingerprint density at radius 3 is 1.35 bits per heavy atom. The van der Waals surface area contributed by atoms with Crippen LogP contribution in [0.25, 0.3) is 0 Å². The van der Waals surface area contributed by atoms with E-state index in [1.807, 2.05) is 0 Å². The average molecular weight is 519 g/mol. The number of unbranched alkanes of at least 4 members (excludes halogenated alkanes) is 18. The van der Waals surface area contributed by atoms with Gasteiger partial charge < -0.3 is 13.3 Å². The van der Waals surface area contributed by atoms with Crippen molar-refractivity contribution < 1.29 is 18.1 Å². The Bertz CT molecular complexity index is 424. The van der Waals surface area contributed by atoms with Gasteiger partial charge in [-0.3, -0.25) is 4.79 Å². The quantitative estimate of drug-likeness (QED) is 0.0800. The molecule has 0 aliphatic carbocycles. The standard InChI is InChI=1S/C28H58O4SSi/c1-5-6-7-8-9-10-11-12-13-14-15-16-17-18-19-20-22-25-28(29)33-26-23-21-24-27-34(30-2,31-3)32-4/h5-27H2,1-4H3. The molecule has 204 valence electrons. The van der Waals surface area contributed by atoms with Crippen molar-refractivity contribution >= 4 is 25.7 Å². The van der Waals surface area contributed by atoms with Crippen LogP contribution in [0.3, 0.4) is 0 Å². The predicted molar refractivity (Wildman–Crippen MR) is 152 cm³/mol. The number of thioether (sulfide) groups is 1. The smallest absolute Gasteiger partial charge is 0.377 e. The Hall–Kier alpha value is 0.117. The minimum atomic E-state index is -2.42. The molecular formula is C28H58O4SSi. The molecule has 0 aromatic carbocycles. The summed E-state index contributed by atoms with van der Waals surface area (Å²) in [6, 6.07) is 0.842. The van der Waals surface area contributed by atoms with Crippen molar-refractivity contribution in [1.29, 1.82) is 0 Å². The number of carbonyl (C=O) groups is 1. The molecule has 0 aliphatic heterocycles. The molecule has 0 spiro atoms. The molecular weight excluding hydrogens is 460 g/mol. The van der Waals surface area contributed by atoms with Gasteiger partial charge in [-0.25, -0.2) is 0 Å². The van der Waals surface area contributed by atoms with Crippen LogP contribution in [-0.4, -0.2) is 41.0 Å². The van der Waals surface area contributed by atoms with Crippen LogP contribution in [0.1, 0.15) is 142 Å². The largest absolute Gasteiger partial charge is 0.500 e. The summed E-state index contributed by atoms with van der Waals surface area (Å²) < 4.78 is 16.3. The van der Waals surface area contributed by atoms with E-state index in [0.29, 0.717) is 5.12 Å². The number of hydrogen-bond acceptors (Lipinski definition) is 5. The average Bonchev–Trinajstić information content (AvgIpc) is 2.86. The zero-order chi connectivity index (χ0) is 25.2. The molecule has 0 atom stereocenters. The maximum absolute atomic E-state index is 12.0. The lowest BCUT2D eigenvalue weighted by molar-refractivity contribution is -0.111. The molecule has 0 rings (SSSR count). The van der Waals surface area contributed by atoms with E-state index in [1.54, 1.807) is 21.3 Å². The molecule has 0 aromatic rings. The molecule has 0 saturated heterocycles. The van der Waals surface area contributed by atoms with Crippen molar-refractivity contribution in [3.63, 3.8) is 0 Å². The van der Waals surface area contributed by atoms with Crippen LogP contribution < -0.4 is 0 Å². The minimum Gasteiger partial charge on any atom is -0.377 e. The zero-order valence-corrected chi connectivity index (χ0v) is 25.1. The Labute approximate surface area is 218 Å². The third-order valence-electron chi connectivity index (χ3n) is 6.81. The highest BCUT2D eigenvalue weighted by molar-refractivity contribution is 8.13. The summed E-state index contributed by atoms with van der Waals surface area (Å²) in [5.74, 6) is 0.930. The first-order valence-electron chi connectivity index (χ1n) is 14.4. The zero-order valence-electron chi connectivity index (χ0n) is 23.3. The summed E-state index contributed by atoms with van der Waals surface area (Å²) in [5, 5.41) is 0.371. The van der Waals surface area contributed by atoms with Crippen molar-refractivity contribution in [2.75, 3.05) is 27.1 Å². The molecule has 34 heavy (non-hydrogen) atoms. The second kappa shape index (κ2) is 26.2. The van der Waals surface area contributed by atoms with Crippen LogP contribution in [0.15, 0.2) is 0 Å².